The molecule has 0 heterocycles. The molecule has 0 aromatic heterocycles. The van der Waals surface area contributed by atoms with Crippen LogP contribution in [0.15, 0.2) is 0 Å². The van der Waals surface area contributed by atoms with Gasteiger partial charge in [-0.1, -0.05) is 40.5 Å². The minimum atomic E-state index is -0.131. The average molecular weight is 363 g/mol. The van der Waals surface area contributed by atoms with Crippen molar-refractivity contribution in [3.05, 3.63) is 0 Å². The molecule has 0 spiro atoms. The summed E-state index contributed by atoms with van der Waals surface area (Å²) in [5, 5.41) is 21.5. The molecule has 10 atom stereocenters. The SMILES string of the molecule is CCCC(C)C1CCC2C3C(CC[C@]12C)[C@@]1(C)CC[C@@H](O)CC1C[C@H]3O. The summed E-state index contributed by atoms with van der Waals surface area (Å²) in [6.07, 6.45) is 11.8. The quantitative estimate of drug-likeness (QED) is 0.704. The van der Waals surface area contributed by atoms with Gasteiger partial charge in [0, 0.05) is 0 Å². The van der Waals surface area contributed by atoms with E-state index < -0.39 is 0 Å². The smallest absolute Gasteiger partial charge is 0.0577 e. The van der Waals surface area contributed by atoms with Crippen LogP contribution in [0.3, 0.4) is 0 Å². The second-order valence-corrected chi connectivity index (χ2v) is 11.2. The lowest BCUT2D eigenvalue weighted by Crippen LogP contribution is -2.58. The number of fused-ring (bicyclic) bond motifs is 5. The van der Waals surface area contributed by atoms with Crippen LogP contribution in [0.4, 0.5) is 0 Å². The van der Waals surface area contributed by atoms with Gasteiger partial charge in [0.2, 0.25) is 0 Å². The van der Waals surface area contributed by atoms with Crippen LogP contribution < -0.4 is 0 Å². The van der Waals surface area contributed by atoms with Gasteiger partial charge in [-0.25, -0.2) is 0 Å². The van der Waals surface area contributed by atoms with Gasteiger partial charge in [-0.2, -0.15) is 0 Å². The lowest BCUT2D eigenvalue weighted by molar-refractivity contribution is -0.174. The van der Waals surface area contributed by atoms with Crippen LogP contribution in [0.25, 0.3) is 0 Å². The third-order valence-electron chi connectivity index (χ3n) is 10.2. The molecule has 2 nitrogen and oxygen atoms in total. The molecule has 0 aliphatic heterocycles. The molecule has 0 bridgehead atoms. The Balaban J connectivity index is 1.61. The molecule has 4 fully saturated rings. The van der Waals surface area contributed by atoms with Crippen LogP contribution in [-0.2, 0) is 0 Å². The summed E-state index contributed by atoms with van der Waals surface area (Å²) in [5.41, 5.74) is 0.811. The summed E-state index contributed by atoms with van der Waals surface area (Å²) >= 11 is 0. The molecule has 0 saturated heterocycles. The summed E-state index contributed by atoms with van der Waals surface area (Å²) in [7, 11) is 0. The Hall–Kier alpha value is -0.0800. The van der Waals surface area contributed by atoms with E-state index in [-0.39, 0.29) is 12.2 Å². The minimum Gasteiger partial charge on any atom is -0.393 e. The van der Waals surface area contributed by atoms with E-state index >= 15 is 0 Å². The first-order chi connectivity index (χ1) is 12.3. The molecule has 4 saturated carbocycles. The number of rotatable bonds is 3. The van der Waals surface area contributed by atoms with Gasteiger partial charge >= 0.3 is 0 Å². The van der Waals surface area contributed by atoms with Crippen molar-refractivity contribution in [1.29, 1.82) is 0 Å². The molecular weight excluding hydrogens is 320 g/mol. The van der Waals surface area contributed by atoms with Crippen molar-refractivity contribution in [1.82, 2.24) is 0 Å². The first kappa shape index (κ1) is 19.2. The zero-order valence-corrected chi connectivity index (χ0v) is 17.6. The maximum Gasteiger partial charge on any atom is 0.0577 e. The summed E-state index contributed by atoms with van der Waals surface area (Å²) in [4.78, 5) is 0. The van der Waals surface area contributed by atoms with E-state index in [1.165, 1.54) is 44.9 Å². The molecule has 150 valence electrons. The highest BCUT2D eigenvalue weighted by Crippen LogP contribution is 2.68. The average Bonchev–Trinajstić information content (AvgIpc) is 2.94. The number of aliphatic hydroxyl groups is 2. The topological polar surface area (TPSA) is 40.5 Å². The molecular formula is C24H42O2. The Morgan fingerprint density at radius 3 is 2.35 bits per heavy atom. The summed E-state index contributed by atoms with van der Waals surface area (Å²) in [6.45, 7) is 9.92. The molecule has 4 aliphatic carbocycles. The molecule has 0 aromatic carbocycles. The normalized spacial score (nSPS) is 54.9. The molecule has 26 heavy (non-hydrogen) atoms. The van der Waals surface area contributed by atoms with Gasteiger partial charge in [0.15, 0.2) is 0 Å². The van der Waals surface area contributed by atoms with E-state index in [1.807, 2.05) is 0 Å². The van der Waals surface area contributed by atoms with Crippen molar-refractivity contribution in [2.24, 2.45) is 46.3 Å². The van der Waals surface area contributed by atoms with E-state index in [0.29, 0.717) is 28.6 Å². The van der Waals surface area contributed by atoms with Crippen molar-refractivity contribution in [2.45, 2.75) is 104 Å². The number of aliphatic hydroxyl groups excluding tert-OH is 2. The van der Waals surface area contributed by atoms with Crippen molar-refractivity contribution < 1.29 is 10.2 Å². The van der Waals surface area contributed by atoms with Crippen LogP contribution in [0.5, 0.6) is 0 Å². The third kappa shape index (κ3) is 2.72. The van der Waals surface area contributed by atoms with E-state index in [4.69, 9.17) is 0 Å². The molecule has 0 radical (unpaired) electrons. The van der Waals surface area contributed by atoms with Crippen LogP contribution in [0, 0.1) is 46.3 Å². The van der Waals surface area contributed by atoms with Crippen LogP contribution in [0.2, 0.25) is 0 Å². The molecule has 6 unspecified atom stereocenters. The zero-order valence-electron chi connectivity index (χ0n) is 17.6. The second kappa shape index (κ2) is 6.76. The molecule has 2 N–H and O–H groups in total. The lowest BCUT2D eigenvalue weighted by atomic mass is 9.43. The van der Waals surface area contributed by atoms with Crippen molar-refractivity contribution in [3.63, 3.8) is 0 Å². The lowest BCUT2D eigenvalue weighted by Gasteiger charge is -2.62. The van der Waals surface area contributed by atoms with Gasteiger partial charge in [0.25, 0.3) is 0 Å². The van der Waals surface area contributed by atoms with Gasteiger partial charge in [0.05, 0.1) is 12.2 Å². The van der Waals surface area contributed by atoms with Crippen molar-refractivity contribution >= 4 is 0 Å². The van der Waals surface area contributed by atoms with E-state index in [2.05, 4.69) is 27.7 Å². The minimum absolute atomic E-state index is 0.128. The zero-order chi connectivity index (χ0) is 18.7. The summed E-state index contributed by atoms with van der Waals surface area (Å²) in [5.74, 6) is 4.15. The Morgan fingerprint density at radius 2 is 1.62 bits per heavy atom. The van der Waals surface area contributed by atoms with Crippen LogP contribution in [-0.4, -0.2) is 22.4 Å². The fraction of sp³-hybridized carbons (Fsp3) is 1.00. The van der Waals surface area contributed by atoms with Gasteiger partial charge in [-0.05, 0) is 97.7 Å². The fourth-order valence-electron chi connectivity index (χ4n) is 8.83. The largest absolute Gasteiger partial charge is 0.393 e. The first-order valence-electron chi connectivity index (χ1n) is 11.7. The van der Waals surface area contributed by atoms with E-state index in [9.17, 15) is 10.2 Å². The Bertz CT molecular complexity index is 518. The third-order valence-corrected chi connectivity index (χ3v) is 10.2. The van der Waals surface area contributed by atoms with E-state index in [1.54, 1.807) is 0 Å². The summed E-state index contributed by atoms with van der Waals surface area (Å²) < 4.78 is 0. The maximum atomic E-state index is 11.3. The standard InChI is InChI=1S/C24H42O2/c1-5-6-15(2)18-7-8-19-22-20(10-12-24(18,19)4)23(3)11-9-17(25)13-16(23)14-21(22)26/h15-22,25-26H,5-14H2,1-4H3/t15?,16?,17-,18?,19?,20?,21-,22?,23+,24-/m1/s1. The molecule has 0 aromatic rings. The molecule has 0 amide bonds. The number of hydrogen-bond donors (Lipinski definition) is 2. The van der Waals surface area contributed by atoms with Crippen LogP contribution >= 0.6 is 0 Å². The van der Waals surface area contributed by atoms with Gasteiger partial charge < -0.3 is 10.2 Å². The second-order valence-electron chi connectivity index (χ2n) is 11.2. The monoisotopic (exact) mass is 362 g/mol. The Labute approximate surface area is 161 Å². The highest BCUT2D eigenvalue weighted by Gasteiger charge is 2.62. The Morgan fingerprint density at radius 1 is 0.923 bits per heavy atom. The van der Waals surface area contributed by atoms with E-state index in [0.717, 1.165) is 37.0 Å². The predicted molar refractivity (Wildman–Crippen MR) is 107 cm³/mol. The van der Waals surface area contributed by atoms with Crippen LogP contribution in [0.1, 0.15) is 91.9 Å². The molecule has 4 aliphatic rings. The van der Waals surface area contributed by atoms with Gasteiger partial charge in [-0.3, -0.25) is 0 Å². The highest BCUT2D eigenvalue weighted by atomic mass is 16.3. The Kier molecular flexibility index (Phi) is 5.01. The summed E-state index contributed by atoms with van der Waals surface area (Å²) in [6, 6.07) is 0. The maximum absolute atomic E-state index is 11.3. The predicted octanol–water partition coefficient (Wildman–Crippen LogP) is 5.41. The number of hydrogen-bond acceptors (Lipinski definition) is 2. The molecule has 2 heteroatoms. The fourth-order valence-corrected chi connectivity index (χ4v) is 8.83. The van der Waals surface area contributed by atoms with Gasteiger partial charge in [0.1, 0.15) is 0 Å². The molecule has 4 rings (SSSR count). The van der Waals surface area contributed by atoms with Gasteiger partial charge in [-0.15, -0.1) is 0 Å². The first-order valence-corrected chi connectivity index (χ1v) is 11.7. The van der Waals surface area contributed by atoms with Crippen molar-refractivity contribution in [2.75, 3.05) is 0 Å². The van der Waals surface area contributed by atoms with Crippen molar-refractivity contribution in [3.8, 4) is 0 Å². The highest BCUT2D eigenvalue weighted by molar-refractivity contribution is 5.11.